The number of nitrogens with zero attached hydrogens (tertiary/aromatic N) is 2. The van der Waals surface area contributed by atoms with Gasteiger partial charge < -0.3 is 9.84 Å². The first-order valence-electron chi connectivity index (χ1n) is 8.53. The summed E-state index contributed by atoms with van der Waals surface area (Å²) < 4.78 is 5.38. The number of halogens is 1. The van der Waals surface area contributed by atoms with E-state index in [4.69, 9.17) is 16.3 Å². The lowest BCUT2D eigenvalue weighted by molar-refractivity contribution is 0.100. The molecule has 1 aromatic heterocycles. The molecule has 0 saturated carbocycles. The molecule has 0 radical (unpaired) electrons. The van der Waals surface area contributed by atoms with E-state index in [9.17, 15) is 9.90 Å². The summed E-state index contributed by atoms with van der Waals surface area (Å²) in [6, 6.07) is 10.5. The van der Waals surface area contributed by atoms with Gasteiger partial charge in [-0.1, -0.05) is 11.6 Å². The van der Waals surface area contributed by atoms with Gasteiger partial charge in [-0.15, -0.1) is 11.3 Å². The van der Waals surface area contributed by atoms with Crippen LogP contribution in [0.4, 0.5) is 0 Å². The predicted octanol–water partition coefficient (Wildman–Crippen LogP) is 5.10. The van der Waals surface area contributed by atoms with Crippen LogP contribution in [0, 0.1) is 13.8 Å². The van der Waals surface area contributed by atoms with Gasteiger partial charge in [-0.05, 0) is 61.4 Å². The zero-order valence-corrected chi connectivity index (χ0v) is 17.3. The number of carbonyl (C=O) groups excluding carboxylic acids is 1. The molecular formula is C21H19ClN2O3S. The average Bonchev–Trinajstić information content (AvgIpc) is 3.06. The van der Waals surface area contributed by atoms with E-state index in [1.807, 2.05) is 26.0 Å². The number of hydrogen-bond acceptors (Lipinski definition) is 6. The van der Waals surface area contributed by atoms with Crippen molar-refractivity contribution in [3.63, 3.8) is 0 Å². The number of methoxy groups -OCH3 is 1. The van der Waals surface area contributed by atoms with Gasteiger partial charge in [0.1, 0.15) is 23.1 Å². The molecule has 0 aliphatic carbocycles. The molecule has 5 nitrogen and oxygen atoms in total. The summed E-state index contributed by atoms with van der Waals surface area (Å²) in [6.45, 7) is 3.65. The summed E-state index contributed by atoms with van der Waals surface area (Å²) in [5, 5.41) is 10.8. The van der Waals surface area contributed by atoms with Gasteiger partial charge in [-0.2, -0.15) is 0 Å². The highest BCUT2D eigenvalue weighted by molar-refractivity contribution is 7.17. The van der Waals surface area contributed by atoms with Gasteiger partial charge in [-0.3, -0.25) is 9.79 Å². The van der Waals surface area contributed by atoms with Crippen molar-refractivity contribution in [3.05, 3.63) is 63.1 Å². The normalized spacial score (nSPS) is 11.1. The van der Waals surface area contributed by atoms with Crippen molar-refractivity contribution in [1.82, 2.24) is 4.98 Å². The molecule has 0 fully saturated rings. The summed E-state index contributed by atoms with van der Waals surface area (Å²) >= 11 is 7.33. The minimum Gasteiger partial charge on any atom is -0.508 e. The van der Waals surface area contributed by atoms with Crippen LogP contribution in [0.2, 0.25) is 5.02 Å². The van der Waals surface area contributed by atoms with Gasteiger partial charge in [0.25, 0.3) is 0 Å². The van der Waals surface area contributed by atoms with Gasteiger partial charge in [0.2, 0.25) is 0 Å². The van der Waals surface area contributed by atoms with Crippen LogP contribution < -0.4 is 4.74 Å². The summed E-state index contributed by atoms with van der Waals surface area (Å²) in [7, 11) is 1.57. The Bertz CT molecular complexity index is 1060. The molecule has 0 aliphatic rings. The first-order valence-corrected chi connectivity index (χ1v) is 9.72. The molecule has 1 heterocycles. The number of aromatic nitrogens is 1. The minimum absolute atomic E-state index is 0.0279. The molecule has 0 spiro atoms. The van der Waals surface area contributed by atoms with E-state index in [-0.39, 0.29) is 18.1 Å². The Hall–Kier alpha value is -2.70. The third-order valence-electron chi connectivity index (χ3n) is 4.14. The largest absolute Gasteiger partial charge is 0.508 e. The van der Waals surface area contributed by atoms with Crippen molar-refractivity contribution >= 4 is 34.9 Å². The van der Waals surface area contributed by atoms with E-state index in [1.54, 1.807) is 37.6 Å². The molecule has 0 aliphatic heterocycles. The average molecular weight is 415 g/mol. The van der Waals surface area contributed by atoms with Gasteiger partial charge in [0.15, 0.2) is 5.78 Å². The number of aliphatic imine (C=N–C) groups is 1. The molecule has 1 N–H and O–H groups in total. The number of aryl methyl sites for hydroxylation is 2. The van der Waals surface area contributed by atoms with Gasteiger partial charge >= 0.3 is 0 Å². The van der Waals surface area contributed by atoms with Crippen molar-refractivity contribution in [3.8, 4) is 22.1 Å². The molecule has 3 aromatic rings. The van der Waals surface area contributed by atoms with Crippen molar-refractivity contribution in [2.24, 2.45) is 4.99 Å². The van der Waals surface area contributed by atoms with Crippen molar-refractivity contribution in [1.29, 1.82) is 0 Å². The summed E-state index contributed by atoms with van der Waals surface area (Å²) in [6.07, 6.45) is 1.63. The lowest BCUT2D eigenvalue weighted by Gasteiger charge is -2.05. The number of carbonyl (C=O) groups is 1. The number of thiazole rings is 1. The molecule has 3 rings (SSSR count). The monoisotopic (exact) mass is 414 g/mol. The Morgan fingerprint density at radius 1 is 1.29 bits per heavy atom. The number of hydrogen-bond donors (Lipinski definition) is 1. The molecular weight excluding hydrogens is 396 g/mol. The second kappa shape index (κ2) is 8.54. The van der Waals surface area contributed by atoms with Gasteiger partial charge in [-0.25, -0.2) is 4.98 Å². The van der Waals surface area contributed by atoms with Crippen LogP contribution in [0.1, 0.15) is 26.5 Å². The van der Waals surface area contributed by atoms with E-state index in [1.165, 1.54) is 11.3 Å². The first-order chi connectivity index (χ1) is 13.4. The quantitative estimate of drug-likeness (QED) is 0.450. The van der Waals surface area contributed by atoms with Crippen molar-refractivity contribution in [2.75, 3.05) is 13.7 Å². The number of ketones is 1. The maximum Gasteiger partial charge on any atom is 0.196 e. The van der Waals surface area contributed by atoms with Gasteiger partial charge in [0, 0.05) is 11.2 Å². The van der Waals surface area contributed by atoms with Crippen LogP contribution in [0.5, 0.6) is 11.5 Å². The van der Waals surface area contributed by atoms with Crippen LogP contribution in [-0.2, 0) is 0 Å². The predicted molar refractivity (Wildman–Crippen MR) is 113 cm³/mol. The number of aromatic hydroxyl groups is 1. The molecule has 0 amide bonds. The number of Topliss-reactive ketones (excluding diaryl/α,β-unsaturated/α-hetero) is 1. The van der Waals surface area contributed by atoms with Crippen LogP contribution in [0.25, 0.3) is 10.6 Å². The van der Waals surface area contributed by atoms with E-state index in [0.29, 0.717) is 26.4 Å². The zero-order valence-electron chi connectivity index (χ0n) is 15.7. The Balaban J connectivity index is 1.78. The zero-order chi connectivity index (χ0) is 20.3. The molecule has 0 saturated heterocycles. The molecule has 0 bridgehead atoms. The van der Waals surface area contributed by atoms with Crippen molar-refractivity contribution in [2.45, 2.75) is 13.8 Å². The third-order valence-corrected chi connectivity index (χ3v) is 5.61. The summed E-state index contributed by atoms with van der Waals surface area (Å²) in [5.41, 5.74) is 3.05. The molecule has 0 unspecified atom stereocenters. The second-order valence-corrected chi connectivity index (χ2v) is 7.65. The third kappa shape index (κ3) is 4.40. The number of rotatable bonds is 6. The highest BCUT2D eigenvalue weighted by Crippen LogP contribution is 2.36. The standard InChI is InChI=1S/C21H19ClN2O3S/c1-12-8-14(4-7-17(12)25)10-23-11-18(26)20-13(2)24-21(28-20)16-6-5-15(22)9-19(16)27-3/h4-10,25H,11H2,1-3H3. The fourth-order valence-electron chi connectivity index (χ4n) is 2.68. The van der Waals surface area contributed by atoms with E-state index in [0.717, 1.165) is 16.7 Å². The molecule has 144 valence electrons. The summed E-state index contributed by atoms with van der Waals surface area (Å²) in [5.74, 6) is 0.751. The Morgan fingerprint density at radius 3 is 2.79 bits per heavy atom. The lowest BCUT2D eigenvalue weighted by atomic mass is 10.1. The molecule has 7 heteroatoms. The van der Waals surface area contributed by atoms with Gasteiger partial charge in [0.05, 0.1) is 23.2 Å². The minimum atomic E-state index is -0.0964. The fraction of sp³-hybridized carbons (Fsp3) is 0.190. The lowest BCUT2D eigenvalue weighted by Crippen LogP contribution is -2.03. The number of benzene rings is 2. The SMILES string of the molecule is COc1cc(Cl)ccc1-c1nc(C)c(C(=O)CN=Cc2ccc(O)c(C)c2)s1. The van der Waals surface area contributed by atoms with E-state index >= 15 is 0 Å². The fourth-order valence-corrected chi connectivity index (χ4v) is 3.87. The number of phenolic OH excluding ortho intramolecular Hbond substituents is 1. The Morgan fingerprint density at radius 2 is 2.07 bits per heavy atom. The van der Waals surface area contributed by atoms with E-state index < -0.39 is 0 Å². The number of ether oxygens (including phenoxy) is 1. The topological polar surface area (TPSA) is 71.8 Å². The Kier molecular flexibility index (Phi) is 6.11. The second-order valence-electron chi connectivity index (χ2n) is 6.22. The molecule has 28 heavy (non-hydrogen) atoms. The summed E-state index contributed by atoms with van der Waals surface area (Å²) in [4.78, 5) is 21.9. The molecule has 2 aromatic carbocycles. The molecule has 0 atom stereocenters. The number of phenols is 1. The van der Waals surface area contributed by atoms with E-state index in [2.05, 4.69) is 9.98 Å². The van der Waals surface area contributed by atoms with Crippen molar-refractivity contribution < 1.29 is 14.6 Å². The first kappa shape index (κ1) is 20.0. The maximum absolute atomic E-state index is 12.6. The Labute approximate surface area is 172 Å². The van der Waals surface area contributed by atoms with Crippen LogP contribution >= 0.6 is 22.9 Å². The highest BCUT2D eigenvalue weighted by atomic mass is 35.5. The van der Waals surface area contributed by atoms with Crippen LogP contribution in [0.15, 0.2) is 41.4 Å². The smallest absolute Gasteiger partial charge is 0.196 e. The van der Waals surface area contributed by atoms with Crippen LogP contribution in [0.3, 0.4) is 0 Å². The highest BCUT2D eigenvalue weighted by Gasteiger charge is 2.18. The maximum atomic E-state index is 12.6. The van der Waals surface area contributed by atoms with Crippen LogP contribution in [-0.4, -0.2) is 35.7 Å².